The van der Waals surface area contributed by atoms with Gasteiger partial charge in [0, 0.05) is 22.8 Å². The fraction of sp³-hybridized carbons (Fsp3) is 0.167. The molecule has 0 atom stereocenters. The Hall–Kier alpha value is -2.07. The molecule has 4 heteroatoms. The molecule has 0 amide bonds. The van der Waals surface area contributed by atoms with Gasteiger partial charge in [0.25, 0.3) is 0 Å². The highest BCUT2D eigenvalue weighted by Crippen LogP contribution is 2.24. The predicted molar refractivity (Wildman–Crippen MR) is 90.8 cm³/mol. The van der Waals surface area contributed by atoms with Crippen LogP contribution in [0.15, 0.2) is 63.8 Å². The van der Waals surface area contributed by atoms with Crippen LogP contribution in [0.3, 0.4) is 0 Å². The van der Waals surface area contributed by atoms with Gasteiger partial charge in [-0.2, -0.15) is 0 Å². The van der Waals surface area contributed by atoms with E-state index in [-0.39, 0.29) is 5.63 Å². The first kappa shape index (κ1) is 14.9. The van der Waals surface area contributed by atoms with Crippen molar-refractivity contribution in [2.75, 3.05) is 5.33 Å². The predicted octanol–water partition coefficient (Wildman–Crippen LogP) is 4.31. The molecule has 0 N–H and O–H groups in total. The number of ether oxygens (including phenoxy) is 1. The average Bonchev–Trinajstić information content (AvgIpc) is 2.54. The Morgan fingerprint density at radius 1 is 1.05 bits per heavy atom. The molecule has 1 aromatic heterocycles. The smallest absolute Gasteiger partial charge is 0.336 e. The van der Waals surface area contributed by atoms with Gasteiger partial charge >= 0.3 is 5.63 Å². The van der Waals surface area contributed by atoms with Gasteiger partial charge in [-0.3, -0.25) is 0 Å². The zero-order valence-corrected chi connectivity index (χ0v) is 13.5. The number of aryl methyl sites for hydroxylation is 1. The highest BCUT2D eigenvalue weighted by Gasteiger charge is 2.07. The van der Waals surface area contributed by atoms with Crippen LogP contribution < -0.4 is 10.4 Å². The van der Waals surface area contributed by atoms with Gasteiger partial charge in [-0.25, -0.2) is 4.79 Å². The van der Waals surface area contributed by atoms with Crippen LogP contribution in [0.4, 0.5) is 0 Å². The van der Waals surface area contributed by atoms with Crippen LogP contribution in [-0.4, -0.2) is 5.33 Å². The maximum Gasteiger partial charge on any atom is 0.336 e. The molecular formula is C18H15BrO3. The van der Waals surface area contributed by atoms with Crippen molar-refractivity contribution < 1.29 is 9.15 Å². The van der Waals surface area contributed by atoms with Gasteiger partial charge < -0.3 is 9.15 Å². The third-order valence-corrected chi connectivity index (χ3v) is 3.81. The van der Waals surface area contributed by atoms with Crippen molar-refractivity contribution in [2.45, 2.75) is 13.0 Å². The molecule has 2 aromatic carbocycles. The Morgan fingerprint density at radius 3 is 2.64 bits per heavy atom. The molecule has 0 spiro atoms. The number of hydrogen-bond donors (Lipinski definition) is 0. The molecule has 0 radical (unpaired) electrons. The third kappa shape index (κ3) is 3.39. The van der Waals surface area contributed by atoms with Gasteiger partial charge in [-0.1, -0.05) is 46.3 Å². The van der Waals surface area contributed by atoms with E-state index in [1.165, 1.54) is 0 Å². The van der Waals surface area contributed by atoms with Gasteiger partial charge in [0.15, 0.2) is 0 Å². The number of halogens is 1. The molecule has 112 valence electrons. The van der Waals surface area contributed by atoms with Crippen LogP contribution in [0, 0.1) is 0 Å². The molecule has 3 rings (SSSR count). The summed E-state index contributed by atoms with van der Waals surface area (Å²) in [5, 5.41) is 1.75. The average molecular weight is 359 g/mol. The Morgan fingerprint density at radius 2 is 1.86 bits per heavy atom. The molecule has 0 fully saturated rings. The molecule has 1 heterocycles. The molecule has 0 saturated carbocycles. The number of hydrogen-bond acceptors (Lipinski definition) is 3. The SMILES string of the molecule is O=c1cc(CCBr)c2ccc(OCc3ccccc3)cc2o1. The Labute approximate surface area is 136 Å². The second-order valence-corrected chi connectivity index (χ2v) is 5.75. The minimum Gasteiger partial charge on any atom is -0.489 e. The summed E-state index contributed by atoms with van der Waals surface area (Å²) < 4.78 is 11.1. The normalized spacial score (nSPS) is 10.8. The van der Waals surface area contributed by atoms with E-state index in [1.807, 2.05) is 42.5 Å². The standard InChI is InChI=1S/C18H15BrO3/c19-9-8-14-10-18(20)22-17-11-15(6-7-16(14)17)21-12-13-4-2-1-3-5-13/h1-7,10-11H,8-9,12H2. The lowest BCUT2D eigenvalue weighted by atomic mass is 10.1. The van der Waals surface area contributed by atoms with Crippen LogP contribution in [0.5, 0.6) is 5.75 Å². The summed E-state index contributed by atoms with van der Waals surface area (Å²) in [4.78, 5) is 11.6. The minimum atomic E-state index is -0.330. The maximum atomic E-state index is 11.6. The summed E-state index contributed by atoms with van der Waals surface area (Å²) in [7, 11) is 0. The Balaban J connectivity index is 1.88. The van der Waals surface area contributed by atoms with Crippen molar-refractivity contribution in [1.82, 2.24) is 0 Å². The topological polar surface area (TPSA) is 39.4 Å². The van der Waals surface area contributed by atoms with Crippen LogP contribution in [-0.2, 0) is 13.0 Å². The first-order valence-corrected chi connectivity index (χ1v) is 8.18. The second kappa shape index (κ2) is 6.79. The molecule has 3 aromatic rings. The molecule has 0 unspecified atom stereocenters. The zero-order valence-electron chi connectivity index (χ0n) is 11.9. The summed E-state index contributed by atoms with van der Waals surface area (Å²) in [6, 6.07) is 17.1. The van der Waals surface area contributed by atoms with Gasteiger partial charge in [0.1, 0.15) is 17.9 Å². The van der Waals surface area contributed by atoms with E-state index >= 15 is 0 Å². The molecule has 0 aliphatic heterocycles. The molecule has 0 bridgehead atoms. The third-order valence-electron chi connectivity index (χ3n) is 3.41. The maximum absolute atomic E-state index is 11.6. The molecule has 0 saturated heterocycles. The highest BCUT2D eigenvalue weighted by molar-refractivity contribution is 9.09. The van der Waals surface area contributed by atoms with Crippen molar-refractivity contribution in [3.05, 3.63) is 76.1 Å². The Kier molecular flexibility index (Phi) is 4.59. The number of fused-ring (bicyclic) bond motifs is 1. The van der Waals surface area contributed by atoms with Crippen LogP contribution in [0.1, 0.15) is 11.1 Å². The molecule has 0 aliphatic carbocycles. The quantitative estimate of drug-likeness (QED) is 0.503. The minimum absolute atomic E-state index is 0.330. The zero-order chi connectivity index (χ0) is 15.4. The van der Waals surface area contributed by atoms with Crippen molar-refractivity contribution >= 4 is 26.9 Å². The van der Waals surface area contributed by atoms with Gasteiger partial charge in [0.05, 0.1) is 0 Å². The van der Waals surface area contributed by atoms with Crippen molar-refractivity contribution in [1.29, 1.82) is 0 Å². The fourth-order valence-electron chi connectivity index (χ4n) is 2.35. The lowest BCUT2D eigenvalue weighted by molar-refractivity contribution is 0.306. The lowest BCUT2D eigenvalue weighted by Crippen LogP contribution is -2.02. The number of alkyl halides is 1. The van der Waals surface area contributed by atoms with Gasteiger partial charge in [0.2, 0.25) is 0 Å². The molecule has 22 heavy (non-hydrogen) atoms. The number of benzene rings is 2. The summed E-state index contributed by atoms with van der Waals surface area (Å²) in [5.74, 6) is 0.690. The second-order valence-electron chi connectivity index (χ2n) is 4.96. The molecular weight excluding hydrogens is 344 g/mol. The summed E-state index contributed by atoms with van der Waals surface area (Å²) in [5.41, 5.74) is 2.31. The van der Waals surface area contributed by atoms with E-state index in [1.54, 1.807) is 12.1 Å². The monoisotopic (exact) mass is 358 g/mol. The van der Waals surface area contributed by atoms with Crippen LogP contribution >= 0.6 is 15.9 Å². The lowest BCUT2D eigenvalue weighted by Gasteiger charge is -2.08. The Bertz CT molecular complexity index is 825. The van der Waals surface area contributed by atoms with Crippen LogP contribution in [0.2, 0.25) is 0 Å². The highest BCUT2D eigenvalue weighted by atomic mass is 79.9. The summed E-state index contributed by atoms with van der Waals surface area (Å²) in [6.07, 6.45) is 0.784. The first-order valence-electron chi connectivity index (χ1n) is 7.06. The molecule has 0 aliphatic rings. The van der Waals surface area contributed by atoms with E-state index in [4.69, 9.17) is 9.15 Å². The fourth-order valence-corrected chi connectivity index (χ4v) is 2.78. The van der Waals surface area contributed by atoms with E-state index in [0.29, 0.717) is 17.9 Å². The van der Waals surface area contributed by atoms with Gasteiger partial charge in [-0.05, 0) is 29.7 Å². The summed E-state index contributed by atoms with van der Waals surface area (Å²) >= 11 is 3.40. The van der Waals surface area contributed by atoms with E-state index in [9.17, 15) is 4.79 Å². The van der Waals surface area contributed by atoms with E-state index in [0.717, 1.165) is 28.3 Å². The largest absolute Gasteiger partial charge is 0.489 e. The van der Waals surface area contributed by atoms with Crippen molar-refractivity contribution in [3.63, 3.8) is 0 Å². The van der Waals surface area contributed by atoms with E-state index in [2.05, 4.69) is 15.9 Å². The number of rotatable bonds is 5. The van der Waals surface area contributed by atoms with Gasteiger partial charge in [-0.15, -0.1) is 0 Å². The van der Waals surface area contributed by atoms with Crippen molar-refractivity contribution in [2.24, 2.45) is 0 Å². The van der Waals surface area contributed by atoms with Crippen LogP contribution in [0.25, 0.3) is 11.0 Å². The first-order chi connectivity index (χ1) is 10.8. The van der Waals surface area contributed by atoms with Crippen molar-refractivity contribution in [3.8, 4) is 5.75 Å². The molecule has 3 nitrogen and oxygen atoms in total. The van der Waals surface area contributed by atoms with E-state index < -0.39 is 0 Å². The summed E-state index contributed by atoms with van der Waals surface area (Å²) in [6.45, 7) is 0.484.